The molecule has 0 unspecified atom stereocenters. The molecule has 0 saturated heterocycles. The molecular formula is C13H19NO3. The van der Waals surface area contributed by atoms with Gasteiger partial charge in [-0.1, -0.05) is 13.8 Å². The highest BCUT2D eigenvalue weighted by atomic mass is 16.5. The smallest absolute Gasteiger partial charge is 0.338 e. The average molecular weight is 237 g/mol. The van der Waals surface area contributed by atoms with Gasteiger partial charge in [0, 0.05) is 0 Å². The van der Waals surface area contributed by atoms with E-state index in [2.05, 4.69) is 0 Å². The van der Waals surface area contributed by atoms with Crippen molar-refractivity contribution in [2.75, 3.05) is 12.8 Å². The van der Waals surface area contributed by atoms with E-state index in [1.807, 2.05) is 13.8 Å². The number of nitrogen functional groups attached to an aromatic ring is 1. The Balaban J connectivity index is 2.82. The van der Waals surface area contributed by atoms with Gasteiger partial charge < -0.3 is 15.2 Å². The number of nitrogens with two attached hydrogens (primary N) is 1. The highest BCUT2D eigenvalue weighted by Crippen LogP contribution is 2.23. The first-order valence-electron chi connectivity index (χ1n) is 5.76. The predicted octanol–water partition coefficient (Wildman–Crippen LogP) is 2.62. The fourth-order valence-corrected chi connectivity index (χ4v) is 1.51. The van der Waals surface area contributed by atoms with Gasteiger partial charge in [-0.2, -0.15) is 0 Å². The number of hydrogen-bond donors (Lipinski definition) is 1. The molecule has 0 heterocycles. The van der Waals surface area contributed by atoms with Gasteiger partial charge in [0.2, 0.25) is 0 Å². The summed E-state index contributed by atoms with van der Waals surface area (Å²) in [7, 11) is 1.52. The van der Waals surface area contributed by atoms with Gasteiger partial charge in [0.15, 0.2) is 0 Å². The third kappa shape index (κ3) is 3.37. The molecule has 0 saturated carbocycles. The van der Waals surface area contributed by atoms with Gasteiger partial charge in [-0.15, -0.1) is 0 Å². The normalized spacial score (nSPS) is 10.4. The molecule has 0 aliphatic heterocycles. The van der Waals surface area contributed by atoms with E-state index in [1.54, 1.807) is 18.2 Å². The second-order valence-electron chi connectivity index (χ2n) is 3.80. The summed E-state index contributed by atoms with van der Waals surface area (Å²) < 4.78 is 10.4. The Morgan fingerprint density at radius 3 is 2.53 bits per heavy atom. The summed E-state index contributed by atoms with van der Waals surface area (Å²) in [5.74, 6) is 0.154. The van der Waals surface area contributed by atoms with E-state index in [4.69, 9.17) is 15.2 Å². The molecule has 4 nitrogen and oxygen atoms in total. The van der Waals surface area contributed by atoms with Crippen LogP contribution in [-0.4, -0.2) is 19.2 Å². The predicted molar refractivity (Wildman–Crippen MR) is 67.2 cm³/mol. The third-order valence-corrected chi connectivity index (χ3v) is 2.65. The van der Waals surface area contributed by atoms with Crippen molar-refractivity contribution in [3.8, 4) is 5.75 Å². The zero-order chi connectivity index (χ0) is 12.8. The fourth-order valence-electron chi connectivity index (χ4n) is 1.51. The molecule has 17 heavy (non-hydrogen) atoms. The maximum absolute atomic E-state index is 11.8. The van der Waals surface area contributed by atoms with Crippen molar-refractivity contribution >= 4 is 11.7 Å². The maximum atomic E-state index is 11.8. The standard InChI is InChI=1S/C13H19NO3/c1-4-10(5-2)17-13(15)9-6-7-11(14)12(8-9)16-3/h6-8,10H,4-5,14H2,1-3H3. The van der Waals surface area contributed by atoms with Gasteiger partial charge in [-0.25, -0.2) is 4.79 Å². The van der Waals surface area contributed by atoms with E-state index in [-0.39, 0.29) is 12.1 Å². The molecule has 0 bridgehead atoms. The van der Waals surface area contributed by atoms with Crippen LogP contribution in [0.3, 0.4) is 0 Å². The molecule has 94 valence electrons. The van der Waals surface area contributed by atoms with Crippen LogP contribution in [0.4, 0.5) is 5.69 Å². The SMILES string of the molecule is CCC(CC)OC(=O)c1ccc(N)c(OC)c1. The lowest BCUT2D eigenvalue weighted by atomic mass is 10.2. The van der Waals surface area contributed by atoms with Gasteiger partial charge >= 0.3 is 5.97 Å². The van der Waals surface area contributed by atoms with Crippen molar-refractivity contribution in [3.05, 3.63) is 23.8 Å². The average Bonchev–Trinajstić information content (AvgIpc) is 2.36. The molecule has 0 spiro atoms. The van der Waals surface area contributed by atoms with E-state index in [0.29, 0.717) is 17.0 Å². The molecule has 0 fully saturated rings. The van der Waals surface area contributed by atoms with E-state index in [9.17, 15) is 4.79 Å². The number of benzene rings is 1. The van der Waals surface area contributed by atoms with E-state index >= 15 is 0 Å². The van der Waals surface area contributed by atoms with Crippen LogP contribution < -0.4 is 10.5 Å². The highest BCUT2D eigenvalue weighted by molar-refractivity contribution is 5.90. The maximum Gasteiger partial charge on any atom is 0.338 e. The van der Waals surface area contributed by atoms with Crippen LogP contribution in [-0.2, 0) is 4.74 Å². The molecule has 0 amide bonds. The number of carbonyl (C=O) groups excluding carboxylic acids is 1. The molecule has 0 aliphatic carbocycles. The molecule has 0 aromatic heterocycles. The lowest BCUT2D eigenvalue weighted by Crippen LogP contribution is -2.16. The first kappa shape index (κ1) is 13.4. The van der Waals surface area contributed by atoms with Crippen LogP contribution in [0.15, 0.2) is 18.2 Å². The number of hydrogen-bond acceptors (Lipinski definition) is 4. The van der Waals surface area contributed by atoms with Crippen molar-refractivity contribution in [2.45, 2.75) is 32.8 Å². The molecule has 1 rings (SSSR count). The Labute approximate surface area is 102 Å². The van der Waals surface area contributed by atoms with E-state index < -0.39 is 0 Å². The minimum atomic E-state index is -0.336. The molecule has 4 heteroatoms. The first-order valence-corrected chi connectivity index (χ1v) is 5.76. The minimum absolute atomic E-state index is 0.0361. The Morgan fingerprint density at radius 2 is 2.00 bits per heavy atom. The van der Waals surface area contributed by atoms with Crippen LogP contribution in [0.2, 0.25) is 0 Å². The summed E-state index contributed by atoms with van der Waals surface area (Å²) in [4.78, 5) is 11.8. The van der Waals surface area contributed by atoms with Crippen molar-refractivity contribution in [2.24, 2.45) is 0 Å². The molecular weight excluding hydrogens is 218 g/mol. The Kier molecular flexibility index (Phi) is 4.82. The number of rotatable bonds is 5. The van der Waals surface area contributed by atoms with Crippen molar-refractivity contribution in [3.63, 3.8) is 0 Å². The van der Waals surface area contributed by atoms with Gasteiger partial charge in [0.1, 0.15) is 11.9 Å². The molecule has 0 aliphatic rings. The largest absolute Gasteiger partial charge is 0.495 e. The molecule has 1 aromatic carbocycles. The van der Waals surface area contributed by atoms with Crippen molar-refractivity contribution < 1.29 is 14.3 Å². The quantitative estimate of drug-likeness (QED) is 0.631. The van der Waals surface area contributed by atoms with Crippen molar-refractivity contribution in [1.82, 2.24) is 0 Å². The second kappa shape index (κ2) is 6.13. The minimum Gasteiger partial charge on any atom is -0.495 e. The van der Waals surface area contributed by atoms with Crippen LogP contribution >= 0.6 is 0 Å². The third-order valence-electron chi connectivity index (χ3n) is 2.65. The fraction of sp³-hybridized carbons (Fsp3) is 0.462. The molecule has 0 radical (unpaired) electrons. The number of ether oxygens (including phenoxy) is 2. The van der Waals surface area contributed by atoms with Gasteiger partial charge in [-0.05, 0) is 31.0 Å². The number of methoxy groups -OCH3 is 1. The molecule has 0 atom stereocenters. The van der Waals surface area contributed by atoms with Crippen LogP contribution in [0.25, 0.3) is 0 Å². The van der Waals surface area contributed by atoms with Crippen LogP contribution in [0.1, 0.15) is 37.0 Å². The monoisotopic (exact) mass is 237 g/mol. The van der Waals surface area contributed by atoms with Gasteiger partial charge in [0.25, 0.3) is 0 Å². The summed E-state index contributed by atoms with van der Waals surface area (Å²) >= 11 is 0. The Bertz CT molecular complexity index is 386. The number of anilines is 1. The molecule has 1 aromatic rings. The lowest BCUT2D eigenvalue weighted by Gasteiger charge is -2.14. The summed E-state index contributed by atoms with van der Waals surface area (Å²) in [6.07, 6.45) is 1.59. The first-order chi connectivity index (χ1) is 8.12. The lowest BCUT2D eigenvalue weighted by molar-refractivity contribution is 0.0284. The number of carbonyl (C=O) groups is 1. The highest BCUT2D eigenvalue weighted by Gasteiger charge is 2.14. The summed E-state index contributed by atoms with van der Waals surface area (Å²) in [5, 5.41) is 0. The number of esters is 1. The van der Waals surface area contributed by atoms with E-state index in [0.717, 1.165) is 12.8 Å². The van der Waals surface area contributed by atoms with Gasteiger partial charge in [-0.3, -0.25) is 0 Å². The van der Waals surface area contributed by atoms with E-state index in [1.165, 1.54) is 7.11 Å². The zero-order valence-electron chi connectivity index (χ0n) is 10.5. The summed E-state index contributed by atoms with van der Waals surface area (Å²) in [5.41, 5.74) is 6.64. The van der Waals surface area contributed by atoms with Crippen molar-refractivity contribution in [1.29, 1.82) is 0 Å². The van der Waals surface area contributed by atoms with Gasteiger partial charge in [0.05, 0.1) is 18.4 Å². The second-order valence-corrected chi connectivity index (χ2v) is 3.80. The topological polar surface area (TPSA) is 61.5 Å². The van der Waals surface area contributed by atoms with Crippen LogP contribution in [0.5, 0.6) is 5.75 Å². The summed E-state index contributed by atoms with van der Waals surface area (Å²) in [6, 6.07) is 4.88. The zero-order valence-corrected chi connectivity index (χ0v) is 10.5. The Morgan fingerprint density at radius 1 is 1.35 bits per heavy atom. The summed E-state index contributed by atoms with van der Waals surface area (Å²) in [6.45, 7) is 3.98. The van der Waals surface area contributed by atoms with Crippen LogP contribution in [0, 0.1) is 0 Å². The Hall–Kier alpha value is -1.71. The molecule has 2 N–H and O–H groups in total.